The molecule has 32 heavy (non-hydrogen) atoms. The number of para-hydroxylation sites is 1. The minimum absolute atomic E-state index is 0.104. The first-order chi connectivity index (χ1) is 15.6. The first-order valence-corrected chi connectivity index (χ1v) is 11.1. The predicted octanol–water partition coefficient (Wildman–Crippen LogP) is 5.86. The first-order valence-electron chi connectivity index (χ1n) is 11.1. The molecule has 0 heterocycles. The van der Waals surface area contributed by atoms with Gasteiger partial charge in [-0.1, -0.05) is 50.6 Å². The van der Waals surface area contributed by atoms with E-state index in [0.29, 0.717) is 11.3 Å². The molecule has 0 aliphatic heterocycles. The van der Waals surface area contributed by atoms with Crippen molar-refractivity contribution in [3.63, 3.8) is 0 Å². The molecule has 0 radical (unpaired) electrons. The van der Waals surface area contributed by atoms with Crippen LogP contribution in [0.15, 0.2) is 72.8 Å². The number of benzene rings is 3. The molecule has 0 aromatic heterocycles. The van der Waals surface area contributed by atoms with E-state index >= 15 is 0 Å². The Morgan fingerprint density at radius 1 is 0.844 bits per heavy atom. The zero-order chi connectivity index (χ0) is 22.8. The zero-order valence-electron chi connectivity index (χ0n) is 18.7. The van der Waals surface area contributed by atoms with Crippen LogP contribution in [0.25, 0.3) is 0 Å². The molecule has 0 fully saturated rings. The van der Waals surface area contributed by atoms with Gasteiger partial charge in [-0.25, -0.2) is 0 Å². The summed E-state index contributed by atoms with van der Waals surface area (Å²) in [6.07, 6.45) is 4.21. The summed E-state index contributed by atoms with van der Waals surface area (Å²) in [5, 5.41) is 5.78. The number of unbranched alkanes of at least 4 members (excludes halogenated alkanes) is 1. The lowest BCUT2D eigenvalue weighted by Gasteiger charge is -2.11. The van der Waals surface area contributed by atoms with Gasteiger partial charge >= 0.3 is 0 Å². The number of ether oxygens (including phenoxy) is 1. The average molecular weight is 431 g/mol. The molecule has 5 heteroatoms. The van der Waals surface area contributed by atoms with Crippen LogP contribution in [0.2, 0.25) is 0 Å². The summed E-state index contributed by atoms with van der Waals surface area (Å²) in [5.41, 5.74) is 4.44. The van der Waals surface area contributed by atoms with Gasteiger partial charge in [0.2, 0.25) is 0 Å². The van der Waals surface area contributed by atoms with E-state index in [2.05, 4.69) is 24.5 Å². The number of hydrogen-bond donors (Lipinski definition) is 2. The second-order valence-corrected chi connectivity index (χ2v) is 7.63. The van der Waals surface area contributed by atoms with Crippen LogP contribution in [0.5, 0.6) is 5.75 Å². The van der Waals surface area contributed by atoms with Gasteiger partial charge in [-0.15, -0.1) is 0 Å². The molecular formula is C27H30N2O3. The molecule has 0 unspecified atom stereocenters. The molecule has 0 spiro atoms. The number of rotatable bonds is 10. The topological polar surface area (TPSA) is 67.4 Å². The van der Waals surface area contributed by atoms with Crippen LogP contribution < -0.4 is 15.4 Å². The van der Waals surface area contributed by atoms with Gasteiger partial charge < -0.3 is 15.4 Å². The molecule has 2 amide bonds. The van der Waals surface area contributed by atoms with Crippen molar-refractivity contribution < 1.29 is 14.3 Å². The lowest BCUT2D eigenvalue weighted by molar-refractivity contribution is -0.118. The zero-order valence-corrected chi connectivity index (χ0v) is 18.7. The Labute approximate surface area is 189 Å². The minimum atomic E-state index is -0.232. The second-order valence-electron chi connectivity index (χ2n) is 7.63. The predicted molar refractivity (Wildman–Crippen MR) is 129 cm³/mol. The molecule has 0 atom stereocenters. The Balaban J connectivity index is 1.49. The maximum absolute atomic E-state index is 12.5. The highest BCUT2D eigenvalue weighted by molar-refractivity contribution is 6.04. The molecule has 0 saturated heterocycles. The van der Waals surface area contributed by atoms with Crippen molar-refractivity contribution in [2.45, 2.75) is 39.5 Å². The van der Waals surface area contributed by atoms with Crippen LogP contribution in [-0.4, -0.2) is 18.4 Å². The van der Waals surface area contributed by atoms with E-state index in [4.69, 9.17) is 4.74 Å². The van der Waals surface area contributed by atoms with Gasteiger partial charge in [-0.05, 0) is 72.9 Å². The maximum atomic E-state index is 12.5. The third-order valence-corrected chi connectivity index (χ3v) is 5.19. The van der Waals surface area contributed by atoms with E-state index in [0.717, 1.165) is 42.6 Å². The van der Waals surface area contributed by atoms with Gasteiger partial charge in [0, 0.05) is 16.9 Å². The van der Waals surface area contributed by atoms with Crippen molar-refractivity contribution in [2.75, 3.05) is 17.2 Å². The molecule has 0 aliphatic rings. The van der Waals surface area contributed by atoms with E-state index in [-0.39, 0.29) is 18.4 Å². The summed E-state index contributed by atoms with van der Waals surface area (Å²) in [6, 6.07) is 22.4. The van der Waals surface area contributed by atoms with Crippen molar-refractivity contribution >= 4 is 23.2 Å². The molecule has 3 aromatic carbocycles. The molecule has 0 bridgehead atoms. The van der Waals surface area contributed by atoms with E-state index in [1.807, 2.05) is 48.5 Å². The van der Waals surface area contributed by atoms with Crippen LogP contribution in [0.4, 0.5) is 11.4 Å². The lowest BCUT2D eigenvalue weighted by atomic mass is 10.1. The minimum Gasteiger partial charge on any atom is -0.484 e. The Hall–Kier alpha value is -3.60. The molecule has 0 saturated carbocycles. The van der Waals surface area contributed by atoms with Crippen molar-refractivity contribution in [1.82, 2.24) is 0 Å². The summed E-state index contributed by atoms with van der Waals surface area (Å²) in [7, 11) is 0. The normalized spacial score (nSPS) is 10.4. The quantitative estimate of drug-likeness (QED) is 0.423. The monoisotopic (exact) mass is 430 g/mol. The third kappa shape index (κ3) is 6.71. The number of carbonyl (C=O) groups is 2. The second kappa shape index (κ2) is 11.7. The van der Waals surface area contributed by atoms with Crippen molar-refractivity contribution in [1.29, 1.82) is 0 Å². The van der Waals surface area contributed by atoms with Gasteiger partial charge in [0.05, 0.1) is 0 Å². The first kappa shape index (κ1) is 23.1. The van der Waals surface area contributed by atoms with Gasteiger partial charge in [-0.2, -0.15) is 0 Å². The summed E-state index contributed by atoms with van der Waals surface area (Å²) < 4.78 is 5.56. The SMILES string of the molecule is CCCCc1ccc(NC(=O)COc2ccc(C(=O)Nc3ccccc3CC)cc2)cc1. The fraction of sp³-hybridized carbons (Fsp3) is 0.259. The number of hydrogen-bond acceptors (Lipinski definition) is 3. The summed E-state index contributed by atoms with van der Waals surface area (Å²) in [4.78, 5) is 24.7. The largest absolute Gasteiger partial charge is 0.484 e. The molecule has 3 rings (SSSR count). The van der Waals surface area contributed by atoms with Gasteiger partial charge in [-0.3, -0.25) is 9.59 Å². The molecule has 5 nitrogen and oxygen atoms in total. The Bertz CT molecular complexity index is 1030. The number of aryl methyl sites for hydroxylation is 2. The van der Waals surface area contributed by atoms with Crippen LogP contribution in [0.3, 0.4) is 0 Å². The van der Waals surface area contributed by atoms with Gasteiger partial charge in [0.15, 0.2) is 6.61 Å². The molecule has 166 valence electrons. The number of carbonyl (C=O) groups excluding carboxylic acids is 2. The molecule has 0 aliphatic carbocycles. The summed E-state index contributed by atoms with van der Waals surface area (Å²) >= 11 is 0. The lowest BCUT2D eigenvalue weighted by Crippen LogP contribution is -2.20. The third-order valence-electron chi connectivity index (χ3n) is 5.19. The smallest absolute Gasteiger partial charge is 0.262 e. The number of amides is 2. The Morgan fingerprint density at radius 2 is 1.56 bits per heavy atom. The fourth-order valence-electron chi connectivity index (χ4n) is 3.33. The molecule has 3 aromatic rings. The van der Waals surface area contributed by atoms with Crippen molar-refractivity contribution in [3.8, 4) is 5.75 Å². The maximum Gasteiger partial charge on any atom is 0.262 e. The van der Waals surface area contributed by atoms with Crippen LogP contribution in [-0.2, 0) is 17.6 Å². The summed E-state index contributed by atoms with van der Waals surface area (Å²) in [5.74, 6) is 0.113. The average Bonchev–Trinajstić information content (AvgIpc) is 2.83. The van der Waals surface area contributed by atoms with Gasteiger partial charge in [0.25, 0.3) is 11.8 Å². The van der Waals surface area contributed by atoms with E-state index in [1.54, 1.807) is 24.3 Å². The standard InChI is InChI=1S/C27H30N2O3/c1-3-5-8-20-11-15-23(16-12-20)28-26(30)19-32-24-17-13-22(14-18-24)27(31)29-25-10-7-6-9-21(25)4-2/h6-7,9-18H,3-5,8,19H2,1-2H3,(H,28,30)(H,29,31). The van der Waals surface area contributed by atoms with Crippen molar-refractivity contribution in [2.24, 2.45) is 0 Å². The van der Waals surface area contributed by atoms with E-state index in [1.165, 1.54) is 5.56 Å². The van der Waals surface area contributed by atoms with E-state index < -0.39 is 0 Å². The number of nitrogens with one attached hydrogen (secondary N) is 2. The Kier molecular flexibility index (Phi) is 8.44. The fourth-order valence-corrected chi connectivity index (χ4v) is 3.33. The van der Waals surface area contributed by atoms with Crippen LogP contribution in [0, 0.1) is 0 Å². The molecule has 2 N–H and O–H groups in total. The Morgan fingerprint density at radius 3 is 2.25 bits per heavy atom. The highest BCUT2D eigenvalue weighted by Gasteiger charge is 2.09. The molecular weight excluding hydrogens is 400 g/mol. The highest BCUT2D eigenvalue weighted by Crippen LogP contribution is 2.18. The highest BCUT2D eigenvalue weighted by atomic mass is 16.5. The van der Waals surface area contributed by atoms with Gasteiger partial charge in [0.1, 0.15) is 5.75 Å². The number of anilines is 2. The van der Waals surface area contributed by atoms with Crippen LogP contribution >= 0.6 is 0 Å². The van der Waals surface area contributed by atoms with E-state index in [9.17, 15) is 9.59 Å². The van der Waals surface area contributed by atoms with Crippen LogP contribution in [0.1, 0.15) is 48.2 Å². The van der Waals surface area contributed by atoms with Crippen molar-refractivity contribution in [3.05, 3.63) is 89.5 Å². The summed E-state index contributed by atoms with van der Waals surface area (Å²) in [6.45, 7) is 4.12.